The molecule has 1 fully saturated rings. The standard InChI is InChI=1S/C15H18F3NO2S/c16-15(17,18)11-2-1-3-13(8-11)22-9-10-4-6-12(7-5-10)19-14(20)21/h1-3,8,10,12,19H,4-7,9H2,(H,20,21). The van der Waals surface area contributed by atoms with E-state index in [0.717, 1.165) is 37.5 Å². The van der Waals surface area contributed by atoms with Gasteiger partial charge in [0.05, 0.1) is 5.56 Å². The minimum Gasteiger partial charge on any atom is -0.465 e. The van der Waals surface area contributed by atoms with Crippen LogP contribution in [-0.4, -0.2) is 23.0 Å². The molecule has 0 saturated heterocycles. The molecule has 0 radical (unpaired) electrons. The van der Waals surface area contributed by atoms with Gasteiger partial charge in [-0.1, -0.05) is 6.07 Å². The van der Waals surface area contributed by atoms with Crippen molar-refractivity contribution >= 4 is 17.9 Å². The number of alkyl halides is 3. The van der Waals surface area contributed by atoms with Crippen molar-refractivity contribution in [1.82, 2.24) is 5.32 Å². The molecular weight excluding hydrogens is 315 g/mol. The Morgan fingerprint density at radius 3 is 2.55 bits per heavy atom. The van der Waals surface area contributed by atoms with Crippen molar-refractivity contribution in [2.24, 2.45) is 5.92 Å². The molecule has 7 heteroatoms. The number of carbonyl (C=O) groups is 1. The Bertz CT molecular complexity index is 514. The van der Waals surface area contributed by atoms with Crippen LogP contribution in [0.15, 0.2) is 29.2 Å². The molecule has 0 unspecified atom stereocenters. The maximum absolute atomic E-state index is 12.6. The summed E-state index contributed by atoms with van der Waals surface area (Å²) in [7, 11) is 0. The quantitative estimate of drug-likeness (QED) is 0.790. The maximum Gasteiger partial charge on any atom is 0.416 e. The minimum atomic E-state index is -4.31. The van der Waals surface area contributed by atoms with Crippen molar-refractivity contribution < 1.29 is 23.1 Å². The van der Waals surface area contributed by atoms with E-state index in [1.165, 1.54) is 23.9 Å². The number of benzene rings is 1. The summed E-state index contributed by atoms with van der Waals surface area (Å²) >= 11 is 1.44. The highest BCUT2D eigenvalue weighted by Gasteiger charge is 2.30. The first-order chi connectivity index (χ1) is 10.3. The molecule has 1 amide bonds. The summed E-state index contributed by atoms with van der Waals surface area (Å²) in [6, 6.07) is 5.39. The Balaban J connectivity index is 1.81. The van der Waals surface area contributed by atoms with E-state index in [1.54, 1.807) is 6.07 Å². The Labute approximate surface area is 131 Å². The summed E-state index contributed by atoms with van der Waals surface area (Å²) in [6.45, 7) is 0. The van der Waals surface area contributed by atoms with Gasteiger partial charge in [0.15, 0.2) is 0 Å². The van der Waals surface area contributed by atoms with Gasteiger partial charge in [-0.15, -0.1) is 11.8 Å². The van der Waals surface area contributed by atoms with Gasteiger partial charge in [-0.2, -0.15) is 13.2 Å². The lowest BCUT2D eigenvalue weighted by molar-refractivity contribution is -0.137. The van der Waals surface area contributed by atoms with Crippen LogP contribution in [-0.2, 0) is 6.18 Å². The van der Waals surface area contributed by atoms with E-state index in [0.29, 0.717) is 10.8 Å². The maximum atomic E-state index is 12.6. The van der Waals surface area contributed by atoms with Crippen LogP contribution in [0.3, 0.4) is 0 Å². The molecule has 1 aromatic carbocycles. The predicted octanol–water partition coefficient (Wildman–Crippen LogP) is 4.62. The Kier molecular flexibility index (Phi) is 5.61. The molecule has 0 aromatic heterocycles. The van der Waals surface area contributed by atoms with Gasteiger partial charge >= 0.3 is 12.3 Å². The van der Waals surface area contributed by atoms with E-state index >= 15 is 0 Å². The SMILES string of the molecule is O=C(O)NC1CCC(CSc2cccc(C(F)(F)F)c2)CC1. The van der Waals surface area contributed by atoms with Crippen LogP contribution in [0, 0.1) is 5.92 Å². The second-order valence-corrected chi connectivity index (χ2v) is 6.60. The molecule has 0 heterocycles. The lowest BCUT2D eigenvalue weighted by Gasteiger charge is -2.28. The number of hydrogen-bond donors (Lipinski definition) is 2. The zero-order valence-corrected chi connectivity index (χ0v) is 12.7. The van der Waals surface area contributed by atoms with Gasteiger partial charge in [0.25, 0.3) is 0 Å². The topological polar surface area (TPSA) is 49.3 Å². The Hall–Kier alpha value is -1.37. The van der Waals surface area contributed by atoms with Crippen molar-refractivity contribution in [3.05, 3.63) is 29.8 Å². The van der Waals surface area contributed by atoms with Crippen molar-refractivity contribution in [1.29, 1.82) is 0 Å². The summed E-state index contributed by atoms with van der Waals surface area (Å²) < 4.78 is 37.9. The first-order valence-electron chi connectivity index (χ1n) is 7.14. The first-order valence-corrected chi connectivity index (χ1v) is 8.12. The molecule has 3 nitrogen and oxygen atoms in total. The van der Waals surface area contributed by atoms with Gasteiger partial charge < -0.3 is 10.4 Å². The summed E-state index contributed by atoms with van der Waals surface area (Å²) in [4.78, 5) is 11.2. The second kappa shape index (κ2) is 7.26. The molecule has 0 atom stereocenters. The van der Waals surface area contributed by atoms with Crippen LogP contribution in [0.4, 0.5) is 18.0 Å². The smallest absolute Gasteiger partial charge is 0.416 e. The first kappa shape index (κ1) is 17.0. The van der Waals surface area contributed by atoms with Crippen LogP contribution in [0.2, 0.25) is 0 Å². The molecule has 1 saturated carbocycles. The van der Waals surface area contributed by atoms with Gasteiger partial charge in [-0.3, -0.25) is 0 Å². The summed E-state index contributed by atoms with van der Waals surface area (Å²) in [6.07, 6.45) is -1.92. The van der Waals surface area contributed by atoms with Gasteiger partial charge in [-0.25, -0.2) is 4.79 Å². The predicted molar refractivity (Wildman–Crippen MR) is 79.1 cm³/mol. The molecule has 1 aliphatic rings. The average Bonchev–Trinajstić information content (AvgIpc) is 2.45. The number of carboxylic acid groups (broad SMARTS) is 1. The van der Waals surface area contributed by atoms with E-state index in [1.807, 2.05) is 0 Å². The van der Waals surface area contributed by atoms with Crippen LogP contribution in [0.5, 0.6) is 0 Å². The minimum absolute atomic E-state index is 0.00677. The average molecular weight is 333 g/mol. The largest absolute Gasteiger partial charge is 0.465 e. The number of thioether (sulfide) groups is 1. The number of amides is 1. The van der Waals surface area contributed by atoms with Crippen LogP contribution >= 0.6 is 11.8 Å². The fourth-order valence-electron chi connectivity index (χ4n) is 2.62. The van der Waals surface area contributed by atoms with Crippen LogP contribution in [0.25, 0.3) is 0 Å². The van der Waals surface area contributed by atoms with Gasteiger partial charge in [0.2, 0.25) is 0 Å². The summed E-state index contributed by atoms with van der Waals surface area (Å²) in [5.41, 5.74) is -0.619. The van der Waals surface area contributed by atoms with Crippen molar-refractivity contribution in [3.63, 3.8) is 0 Å². The molecule has 0 bridgehead atoms. The van der Waals surface area contributed by atoms with Crippen molar-refractivity contribution in [3.8, 4) is 0 Å². The van der Waals surface area contributed by atoms with Crippen molar-refractivity contribution in [2.75, 3.05) is 5.75 Å². The Morgan fingerprint density at radius 2 is 1.95 bits per heavy atom. The third-order valence-electron chi connectivity index (χ3n) is 3.82. The van der Waals surface area contributed by atoms with Gasteiger partial charge in [0, 0.05) is 16.7 Å². The van der Waals surface area contributed by atoms with Crippen molar-refractivity contribution in [2.45, 2.75) is 42.8 Å². The fourth-order valence-corrected chi connectivity index (χ4v) is 3.77. The normalized spacial score (nSPS) is 22.3. The van der Waals surface area contributed by atoms with E-state index in [9.17, 15) is 18.0 Å². The van der Waals surface area contributed by atoms with Gasteiger partial charge in [-0.05, 0) is 49.8 Å². The fraction of sp³-hybridized carbons (Fsp3) is 0.533. The second-order valence-electron chi connectivity index (χ2n) is 5.50. The Morgan fingerprint density at radius 1 is 1.27 bits per heavy atom. The molecule has 122 valence electrons. The van der Waals surface area contributed by atoms with Crippen LogP contribution in [0.1, 0.15) is 31.2 Å². The molecule has 2 rings (SSSR count). The molecule has 0 aliphatic heterocycles. The molecule has 2 N–H and O–H groups in total. The third kappa shape index (κ3) is 5.12. The summed E-state index contributed by atoms with van der Waals surface area (Å²) in [5, 5.41) is 11.2. The number of halogens is 3. The molecule has 1 aromatic rings. The van der Waals surface area contributed by atoms with E-state index in [2.05, 4.69) is 5.32 Å². The molecule has 1 aliphatic carbocycles. The lowest BCUT2D eigenvalue weighted by Crippen LogP contribution is -2.36. The van der Waals surface area contributed by atoms with E-state index < -0.39 is 17.8 Å². The lowest BCUT2D eigenvalue weighted by atomic mass is 9.87. The highest BCUT2D eigenvalue weighted by atomic mass is 32.2. The van der Waals surface area contributed by atoms with Crippen LogP contribution < -0.4 is 5.32 Å². The van der Waals surface area contributed by atoms with E-state index in [-0.39, 0.29) is 6.04 Å². The number of rotatable bonds is 4. The molecule has 22 heavy (non-hydrogen) atoms. The zero-order valence-electron chi connectivity index (χ0n) is 11.9. The zero-order chi connectivity index (χ0) is 16.2. The van der Waals surface area contributed by atoms with E-state index in [4.69, 9.17) is 5.11 Å². The molecule has 0 spiro atoms. The summed E-state index contributed by atoms with van der Waals surface area (Å²) in [5.74, 6) is 1.19. The highest BCUT2D eigenvalue weighted by Crippen LogP contribution is 2.34. The monoisotopic (exact) mass is 333 g/mol. The number of hydrogen-bond acceptors (Lipinski definition) is 2. The van der Waals surface area contributed by atoms with Gasteiger partial charge in [0.1, 0.15) is 0 Å². The molecular formula is C15H18F3NO2S. The third-order valence-corrected chi connectivity index (χ3v) is 5.05. The highest BCUT2D eigenvalue weighted by molar-refractivity contribution is 7.99. The number of nitrogens with one attached hydrogen (secondary N) is 1.